The molecule has 10 heteroatoms. The van der Waals surface area contributed by atoms with E-state index in [1.54, 1.807) is 24.6 Å². The molecule has 1 aromatic carbocycles. The first kappa shape index (κ1) is 20.1. The summed E-state index contributed by atoms with van der Waals surface area (Å²) in [5.41, 5.74) is 7.74. The quantitative estimate of drug-likeness (QED) is 0.487. The lowest BCUT2D eigenvalue weighted by Crippen LogP contribution is -2.20. The van der Waals surface area contributed by atoms with Gasteiger partial charge in [0.1, 0.15) is 11.5 Å². The Bertz CT molecular complexity index is 1240. The smallest absolute Gasteiger partial charge is 0.202 e. The normalized spacial score (nSPS) is 14.6. The van der Waals surface area contributed by atoms with E-state index in [4.69, 9.17) is 14.9 Å². The fourth-order valence-electron chi connectivity index (χ4n) is 3.90. The molecule has 0 saturated heterocycles. The first-order chi connectivity index (χ1) is 15.6. The molecule has 1 fully saturated rings. The highest BCUT2D eigenvalue weighted by Crippen LogP contribution is 2.32. The van der Waals surface area contributed by atoms with Crippen molar-refractivity contribution in [3.05, 3.63) is 54.6 Å². The van der Waals surface area contributed by atoms with Gasteiger partial charge in [-0.1, -0.05) is 6.42 Å². The Hall–Kier alpha value is -3.82. The summed E-state index contributed by atoms with van der Waals surface area (Å²) in [4.78, 5) is 4.18. The van der Waals surface area contributed by atoms with Crippen molar-refractivity contribution in [2.24, 2.45) is 0 Å². The fraction of sp³-hybridized carbons (Fsp3) is 0.273. The molecule has 3 aromatic heterocycles. The number of nitrogens with zero attached hydrogens (tertiary/aromatic N) is 5. The fourth-order valence-corrected chi connectivity index (χ4v) is 3.90. The first-order valence-electron chi connectivity index (χ1n) is 10.3. The Labute approximate surface area is 182 Å². The number of halogens is 2. The highest BCUT2D eigenvalue weighted by molar-refractivity contribution is 5.76. The van der Waals surface area contributed by atoms with Crippen LogP contribution in [0.3, 0.4) is 0 Å². The van der Waals surface area contributed by atoms with Crippen molar-refractivity contribution in [3.63, 3.8) is 0 Å². The maximum Gasteiger partial charge on any atom is 0.202 e. The third-order valence-corrected chi connectivity index (χ3v) is 5.58. The van der Waals surface area contributed by atoms with E-state index in [1.807, 2.05) is 0 Å². The third-order valence-electron chi connectivity index (χ3n) is 5.58. The van der Waals surface area contributed by atoms with Crippen molar-refractivity contribution >= 4 is 5.82 Å². The Morgan fingerprint density at radius 1 is 1.06 bits per heavy atom. The summed E-state index contributed by atoms with van der Waals surface area (Å²) in [6, 6.07) is 6.27. The van der Waals surface area contributed by atoms with Crippen LogP contribution in [0, 0.1) is 11.6 Å². The summed E-state index contributed by atoms with van der Waals surface area (Å²) in [6.07, 6.45) is 9.40. The molecule has 0 unspecified atom stereocenters. The van der Waals surface area contributed by atoms with E-state index in [1.165, 1.54) is 18.4 Å². The van der Waals surface area contributed by atoms with Crippen molar-refractivity contribution in [2.75, 3.05) is 5.73 Å². The molecule has 0 bridgehead atoms. The minimum Gasteiger partial charge on any atom is -0.487 e. The van der Waals surface area contributed by atoms with Crippen molar-refractivity contribution in [1.82, 2.24) is 25.2 Å². The van der Waals surface area contributed by atoms with E-state index in [9.17, 15) is 4.39 Å². The van der Waals surface area contributed by atoms with Gasteiger partial charge in [-0.3, -0.25) is 0 Å². The minimum atomic E-state index is -1.11. The number of tetrazole rings is 1. The maximum absolute atomic E-state index is 15.0. The van der Waals surface area contributed by atoms with E-state index in [0.717, 1.165) is 42.3 Å². The zero-order valence-electron chi connectivity index (χ0n) is 17.0. The molecule has 32 heavy (non-hydrogen) atoms. The van der Waals surface area contributed by atoms with Gasteiger partial charge in [0.2, 0.25) is 5.82 Å². The Morgan fingerprint density at radius 2 is 1.91 bits per heavy atom. The van der Waals surface area contributed by atoms with Crippen LogP contribution in [-0.4, -0.2) is 31.3 Å². The molecular weight excluding hydrogens is 418 g/mol. The number of anilines is 1. The highest BCUT2D eigenvalue weighted by atomic mass is 19.2. The number of pyridine rings is 1. The van der Waals surface area contributed by atoms with Crippen LogP contribution in [0.5, 0.6) is 5.75 Å². The summed E-state index contributed by atoms with van der Waals surface area (Å²) in [5.74, 6) is -2.03. The molecule has 0 spiro atoms. The van der Waals surface area contributed by atoms with Gasteiger partial charge >= 0.3 is 0 Å². The van der Waals surface area contributed by atoms with Gasteiger partial charge in [0, 0.05) is 17.3 Å². The predicted molar refractivity (Wildman–Crippen MR) is 112 cm³/mol. The molecule has 8 nitrogen and oxygen atoms in total. The second-order valence-corrected chi connectivity index (χ2v) is 7.67. The monoisotopic (exact) mass is 438 g/mol. The molecule has 2 N–H and O–H groups in total. The maximum atomic E-state index is 15.0. The average molecular weight is 438 g/mol. The van der Waals surface area contributed by atoms with Crippen LogP contribution >= 0.6 is 0 Å². The predicted octanol–water partition coefficient (Wildman–Crippen LogP) is 4.56. The zero-order valence-corrected chi connectivity index (χ0v) is 17.0. The molecule has 1 aliphatic carbocycles. The second kappa shape index (κ2) is 8.37. The zero-order chi connectivity index (χ0) is 22.1. The van der Waals surface area contributed by atoms with Gasteiger partial charge in [0.05, 0.1) is 24.2 Å². The summed E-state index contributed by atoms with van der Waals surface area (Å²) < 4.78 is 41.8. The average Bonchev–Trinajstić information content (AvgIpc) is 3.51. The summed E-state index contributed by atoms with van der Waals surface area (Å²) in [7, 11) is 0. The largest absolute Gasteiger partial charge is 0.487 e. The van der Waals surface area contributed by atoms with Gasteiger partial charge in [0.15, 0.2) is 17.4 Å². The lowest BCUT2D eigenvalue weighted by Gasteiger charge is -2.23. The van der Waals surface area contributed by atoms with Gasteiger partial charge in [-0.25, -0.2) is 9.37 Å². The van der Waals surface area contributed by atoms with Crippen LogP contribution in [-0.2, 0) is 0 Å². The van der Waals surface area contributed by atoms with Gasteiger partial charge in [-0.2, -0.15) is 9.07 Å². The lowest BCUT2D eigenvalue weighted by molar-refractivity contribution is 0.147. The number of ether oxygens (including phenoxy) is 1. The summed E-state index contributed by atoms with van der Waals surface area (Å²) in [6.45, 7) is 0. The van der Waals surface area contributed by atoms with Gasteiger partial charge in [0.25, 0.3) is 0 Å². The number of nitrogens with two attached hydrogens (primary N) is 1. The van der Waals surface area contributed by atoms with Gasteiger partial charge < -0.3 is 14.9 Å². The molecule has 5 rings (SSSR count). The van der Waals surface area contributed by atoms with Crippen LogP contribution < -0.4 is 10.5 Å². The molecule has 3 heterocycles. The number of hydrogen-bond acceptors (Lipinski definition) is 7. The van der Waals surface area contributed by atoms with Crippen LogP contribution in [0.2, 0.25) is 0 Å². The third kappa shape index (κ3) is 3.68. The molecule has 4 aromatic rings. The van der Waals surface area contributed by atoms with E-state index >= 15 is 4.39 Å². The SMILES string of the molecule is Nc1ncc(-c2ccoc2)cc1-c1nnnn1-c1ccc(OC2CCCCC2)c(F)c1F. The topological polar surface area (TPSA) is 105 Å². The number of rotatable bonds is 5. The second-order valence-electron chi connectivity index (χ2n) is 7.67. The summed E-state index contributed by atoms with van der Waals surface area (Å²) >= 11 is 0. The minimum absolute atomic E-state index is 0.108. The molecule has 0 amide bonds. The molecule has 0 radical (unpaired) electrons. The Morgan fingerprint density at radius 3 is 2.69 bits per heavy atom. The number of furan rings is 1. The van der Waals surface area contributed by atoms with E-state index in [2.05, 4.69) is 20.5 Å². The van der Waals surface area contributed by atoms with Crippen LogP contribution in [0.4, 0.5) is 14.6 Å². The molecule has 0 aliphatic heterocycles. The van der Waals surface area contributed by atoms with Crippen molar-refractivity contribution in [1.29, 1.82) is 0 Å². The summed E-state index contributed by atoms with van der Waals surface area (Å²) in [5, 5.41) is 11.5. The van der Waals surface area contributed by atoms with Crippen molar-refractivity contribution in [2.45, 2.75) is 38.2 Å². The Balaban J connectivity index is 1.51. The number of aromatic nitrogens is 5. The molecular formula is C22H20F2N6O2. The first-order valence-corrected chi connectivity index (χ1v) is 10.3. The molecule has 1 saturated carbocycles. The van der Waals surface area contributed by atoms with Gasteiger partial charge in [-0.15, -0.1) is 5.10 Å². The standard InChI is InChI=1S/C22H20F2N6O2/c23-19-17(6-7-18(20(19)24)32-15-4-2-1-3-5-15)30-22(27-28-29-30)16-10-14(11-26-21(16)25)13-8-9-31-12-13/h6-12,15H,1-5H2,(H2,25,26). The lowest BCUT2D eigenvalue weighted by atomic mass is 9.98. The number of nitrogen functional groups attached to an aromatic ring is 1. The van der Waals surface area contributed by atoms with E-state index < -0.39 is 11.6 Å². The number of hydrogen-bond donors (Lipinski definition) is 1. The molecule has 1 aliphatic rings. The molecule has 0 atom stereocenters. The van der Waals surface area contributed by atoms with E-state index in [-0.39, 0.29) is 29.2 Å². The van der Waals surface area contributed by atoms with Crippen LogP contribution in [0.25, 0.3) is 28.2 Å². The highest BCUT2D eigenvalue weighted by Gasteiger charge is 2.24. The number of benzene rings is 1. The van der Waals surface area contributed by atoms with Crippen molar-refractivity contribution in [3.8, 4) is 34.0 Å². The Kier molecular flexibility index (Phi) is 5.26. The van der Waals surface area contributed by atoms with E-state index in [0.29, 0.717) is 11.1 Å². The van der Waals surface area contributed by atoms with Crippen LogP contribution in [0.1, 0.15) is 32.1 Å². The van der Waals surface area contributed by atoms with Gasteiger partial charge in [-0.05, 0) is 60.4 Å². The molecule has 164 valence electrons. The van der Waals surface area contributed by atoms with Crippen LogP contribution in [0.15, 0.2) is 47.4 Å². The van der Waals surface area contributed by atoms with Crippen molar-refractivity contribution < 1.29 is 17.9 Å².